The molecule has 0 spiro atoms. The Morgan fingerprint density at radius 1 is 1.30 bits per heavy atom. The van der Waals surface area contributed by atoms with Crippen LogP contribution in [0.1, 0.15) is 5.56 Å². The molecule has 0 saturated heterocycles. The normalized spacial score (nSPS) is 11.9. The lowest BCUT2D eigenvalue weighted by Gasteiger charge is -2.06. The van der Waals surface area contributed by atoms with Crippen LogP contribution in [0, 0.1) is 0 Å². The average Bonchev–Trinajstić information content (AvgIpc) is 2.84. The molecular weight excluding hydrogens is 314 g/mol. The lowest BCUT2D eigenvalue weighted by Crippen LogP contribution is -2.21. The van der Waals surface area contributed by atoms with Crippen LogP contribution in [0.2, 0.25) is 0 Å². The van der Waals surface area contributed by atoms with E-state index in [9.17, 15) is 8.42 Å². The van der Waals surface area contributed by atoms with Gasteiger partial charge in [-0.25, -0.2) is 23.1 Å². The summed E-state index contributed by atoms with van der Waals surface area (Å²) in [5.41, 5.74) is 9.48. The Hall–Kier alpha value is -2.45. The van der Waals surface area contributed by atoms with E-state index >= 15 is 0 Å². The van der Waals surface area contributed by atoms with E-state index in [1.54, 1.807) is 0 Å². The molecule has 0 unspecified atom stereocenters. The first-order valence-electron chi connectivity index (χ1n) is 6.94. The van der Waals surface area contributed by atoms with E-state index in [0.717, 1.165) is 34.0 Å². The number of benzene rings is 1. The monoisotopic (exact) mass is 331 g/mol. The Morgan fingerprint density at radius 2 is 2.09 bits per heavy atom. The number of fused-ring (bicyclic) bond motifs is 1. The second kappa shape index (κ2) is 5.64. The maximum atomic E-state index is 11.2. The van der Waals surface area contributed by atoms with Gasteiger partial charge in [0.25, 0.3) is 0 Å². The predicted molar refractivity (Wildman–Crippen MR) is 90.0 cm³/mol. The van der Waals surface area contributed by atoms with Crippen molar-refractivity contribution >= 4 is 26.9 Å². The molecule has 0 aliphatic heterocycles. The summed E-state index contributed by atoms with van der Waals surface area (Å²) in [6.45, 7) is 0.240. The van der Waals surface area contributed by atoms with Crippen LogP contribution in [0.3, 0.4) is 0 Å². The number of hydrogen-bond donors (Lipinski definition) is 2. The number of rotatable bonds is 4. The topological polar surface area (TPSA) is 103 Å². The molecule has 3 aromatic rings. The molecule has 2 aromatic heterocycles. The summed E-state index contributed by atoms with van der Waals surface area (Å²) in [5.74, 6) is 0.422. The fourth-order valence-corrected chi connectivity index (χ4v) is 2.95. The molecule has 120 valence electrons. The van der Waals surface area contributed by atoms with Crippen LogP contribution in [0.4, 0.5) is 5.82 Å². The van der Waals surface area contributed by atoms with E-state index in [4.69, 9.17) is 5.73 Å². The number of hydrogen-bond acceptors (Lipinski definition) is 5. The third kappa shape index (κ3) is 3.17. The Balaban J connectivity index is 2.06. The fourth-order valence-electron chi connectivity index (χ4n) is 2.52. The van der Waals surface area contributed by atoms with E-state index in [1.807, 2.05) is 42.1 Å². The highest BCUT2D eigenvalue weighted by molar-refractivity contribution is 7.88. The number of anilines is 1. The Kier molecular flexibility index (Phi) is 3.78. The lowest BCUT2D eigenvalue weighted by molar-refractivity contribution is 0.587. The van der Waals surface area contributed by atoms with Gasteiger partial charge in [0.15, 0.2) is 0 Å². The molecule has 0 fully saturated rings. The number of nitrogens with one attached hydrogen (secondary N) is 1. The highest BCUT2D eigenvalue weighted by Gasteiger charge is 2.13. The highest BCUT2D eigenvalue weighted by atomic mass is 32.2. The van der Waals surface area contributed by atoms with Crippen molar-refractivity contribution < 1.29 is 8.42 Å². The van der Waals surface area contributed by atoms with Gasteiger partial charge in [-0.15, -0.1) is 0 Å². The molecule has 2 heterocycles. The van der Waals surface area contributed by atoms with E-state index in [2.05, 4.69) is 14.7 Å². The zero-order chi connectivity index (χ0) is 16.6. The molecule has 0 aliphatic rings. The molecule has 0 aliphatic carbocycles. The van der Waals surface area contributed by atoms with Crippen molar-refractivity contribution in [2.45, 2.75) is 6.54 Å². The number of aromatic nitrogens is 3. The number of nitrogens with two attached hydrogens (primary N) is 1. The maximum Gasteiger partial charge on any atom is 0.209 e. The van der Waals surface area contributed by atoms with E-state index in [0.29, 0.717) is 5.82 Å². The van der Waals surface area contributed by atoms with Gasteiger partial charge in [0.05, 0.1) is 11.6 Å². The minimum Gasteiger partial charge on any atom is -0.383 e. The van der Waals surface area contributed by atoms with Gasteiger partial charge in [0, 0.05) is 25.4 Å². The van der Waals surface area contributed by atoms with E-state index in [1.165, 1.54) is 6.33 Å². The van der Waals surface area contributed by atoms with Gasteiger partial charge in [-0.1, -0.05) is 18.2 Å². The largest absolute Gasteiger partial charge is 0.383 e. The first-order chi connectivity index (χ1) is 10.8. The van der Waals surface area contributed by atoms with E-state index in [-0.39, 0.29) is 6.54 Å². The van der Waals surface area contributed by atoms with Crippen molar-refractivity contribution in [3.05, 3.63) is 42.4 Å². The van der Waals surface area contributed by atoms with Crippen LogP contribution in [-0.2, 0) is 23.6 Å². The van der Waals surface area contributed by atoms with Gasteiger partial charge < -0.3 is 10.3 Å². The van der Waals surface area contributed by atoms with Gasteiger partial charge in [-0.2, -0.15) is 0 Å². The predicted octanol–water partition coefficient (Wildman–Crippen LogP) is 1.27. The molecular formula is C15H17N5O2S. The van der Waals surface area contributed by atoms with Crippen molar-refractivity contribution in [3.63, 3.8) is 0 Å². The zero-order valence-corrected chi connectivity index (χ0v) is 13.6. The van der Waals surface area contributed by atoms with Gasteiger partial charge in [0.1, 0.15) is 17.8 Å². The zero-order valence-electron chi connectivity index (χ0n) is 12.8. The van der Waals surface area contributed by atoms with Crippen molar-refractivity contribution in [2.24, 2.45) is 7.05 Å². The minimum atomic E-state index is -3.23. The van der Waals surface area contributed by atoms with Crippen molar-refractivity contribution in [1.29, 1.82) is 0 Å². The Labute approximate surface area is 134 Å². The van der Waals surface area contributed by atoms with Crippen LogP contribution in [-0.4, -0.2) is 29.2 Å². The van der Waals surface area contributed by atoms with Gasteiger partial charge >= 0.3 is 0 Å². The molecule has 0 atom stereocenters. The van der Waals surface area contributed by atoms with Gasteiger partial charge in [0.2, 0.25) is 10.0 Å². The van der Waals surface area contributed by atoms with Crippen LogP contribution in [0.15, 0.2) is 36.8 Å². The van der Waals surface area contributed by atoms with E-state index < -0.39 is 10.0 Å². The third-order valence-electron chi connectivity index (χ3n) is 3.56. The van der Waals surface area contributed by atoms with Crippen LogP contribution < -0.4 is 10.5 Å². The summed E-state index contributed by atoms with van der Waals surface area (Å²) < 4.78 is 26.9. The smallest absolute Gasteiger partial charge is 0.209 e. The summed E-state index contributed by atoms with van der Waals surface area (Å²) in [7, 11) is -1.34. The molecule has 7 nitrogen and oxygen atoms in total. The van der Waals surface area contributed by atoms with Crippen molar-refractivity contribution in [2.75, 3.05) is 12.0 Å². The minimum absolute atomic E-state index is 0.240. The average molecular weight is 331 g/mol. The van der Waals surface area contributed by atoms with Crippen LogP contribution in [0.25, 0.3) is 22.2 Å². The first kappa shape index (κ1) is 15.4. The summed E-state index contributed by atoms with van der Waals surface area (Å²) in [6, 6.07) is 7.63. The van der Waals surface area contributed by atoms with Crippen molar-refractivity contribution in [3.8, 4) is 11.1 Å². The second-order valence-corrected chi connectivity index (χ2v) is 7.24. The number of aryl methyl sites for hydroxylation is 1. The third-order valence-corrected chi connectivity index (χ3v) is 4.23. The highest BCUT2D eigenvalue weighted by Crippen LogP contribution is 2.32. The summed E-state index contributed by atoms with van der Waals surface area (Å²) in [4.78, 5) is 8.32. The molecule has 3 N–H and O–H groups in total. The fraction of sp³-hybridized carbons (Fsp3) is 0.200. The van der Waals surface area contributed by atoms with Gasteiger partial charge in [-0.05, 0) is 17.2 Å². The lowest BCUT2D eigenvalue weighted by atomic mass is 10.0. The number of sulfonamides is 1. The molecule has 1 aromatic carbocycles. The Morgan fingerprint density at radius 3 is 2.83 bits per heavy atom. The summed E-state index contributed by atoms with van der Waals surface area (Å²) >= 11 is 0. The number of nitrogens with zero attached hydrogens (tertiary/aromatic N) is 3. The van der Waals surface area contributed by atoms with Gasteiger partial charge in [-0.3, -0.25) is 0 Å². The van der Waals surface area contributed by atoms with Crippen molar-refractivity contribution in [1.82, 2.24) is 19.3 Å². The SMILES string of the molecule is Cn1cc(-c2cccc(CNS(C)(=O)=O)c2)c2c(N)ncnc21. The standard InChI is InChI=1S/C15H17N5O2S/c1-20-8-12(13-14(16)17-9-18-15(13)20)11-5-3-4-10(6-11)7-19-23(2,21)22/h3-6,8-9,19H,7H2,1-2H3,(H2,16,17,18). The Bertz CT molecular complexity index is 979. The number of nitrogen functional groups attached to an aromatic ring is 1. The maximum absolute atomic E-state index is 11.2. The molecule has 0 saturated carbocycles. The van der Waals surface area contributed by atoms with Crippen LogP contribution in [0.5, 0.6) is 0 Å². The van der Waals surface area contributed by atoms with Crippen LogP contribution >= 0.6 is 0 Å². The second-order valence-electron chi connectivity index (χ2n) is 5.40. The summed E-state index contributed by atoms with van der Waals surface area (Å²) in [6.07, 6.45) is 4.52. The molecule has 23 heavy (non-hydrogen) atoms. The molecule has 0 radical (unpaired) electrons. The molecule has 0 amide bonds. The first-order valence-corrected chi connectivity index (χ1v) is 8.84. The molecule has 8 heteroatoms. The summed E-state index contributed by atoms with van der Waals surface area (Å²) in [5, 5.41) is 0.795. The molecule has 3 rings (SSSR count). The molecule has 0 bridgehead atoms. The quantitative estimate of drug-likeness (QED) is 0.749.